The summed E-state index contributed by atoms with van der Waals surface area (Å²) in [4.78, 5) is 11.7. The summed E-state index contributed by atoms with van der Waals surface area (Å²) in [6, 6.07) is 0.159. The molecule has 94 valence electrons. The van der Waals surface area contributed by atoms with Crippen LogP contribution >= 0.6 is 11.8 Å². The van der Waals surface area contributed by atoms with Gasteiger partial charge in [0.05, 0.1) is 12.4 Å². The fourth-order valence-corrected chi connectivity index (χ4v) is 2.92. The van der Waals surface area contributed by atoms with Crippen LogP contribution in [-0.4, -0.2) is 35.2 Å². The lowest BCUT2D eigenvalue weighted by atomic mass is 9.86. The molecule has 0 bridgehead atoms. The van der Waals surface area contributed by atoms with Crippen LogP contribution in [0.2, 0.25) is 0 Å². The van der Waals surface area contributed by atoms with Gasteiger partial charge >= 0.3 is 0 Å². The highest BCUT2D eigenvalue weighted by atomic mass is 32.2. The predicted molar refractivity (Wildman–Crippen MR) is 68.6 cm³/mol. The number of hydrogen-bond acceptors (Lipinski definition) is 3. The number of carbonyl (C=O) groups excluding carboxylic acids is 1. The number of hydrogen-bond donors (Lipinski definition) is 2. The van der Waals surface area contributed by atoms with E-state index >= 15 is 0 Å². The number of thioether (sulfide) groups is 1. The van der Waals surface area contributed by atoms with Gasteiger partial charge in [-0.2, -0.15) is 11.8 Å². The Morgan fingerprint density at radius 1 is 1.62 bits per heavy atom. The molecule has 0 aromatic carbocycles. The Balaban J connectivity index is 2.33. The monoisotopic (exact) mass is 245 g/mol. The first-order chi connectivity index (χ1) is 7.62. The lowest BCUT2D eigenvalue weighted by molar-refractivity contribution is -0.120. The molecule has 1 fully saturated rings. The molecule has 0 saturated heterocycles. The van der Waals surface area contributed by atoms with E-state index in [0.29, 0.717) is 5.75 Å². The summed E-state index contributed by atoms with van der Waals surface area (Å²) in [6.45, 7) is 4.34. The van der Waals surface area contributed by atoms with Gasteiger partial charge in [0.15, 0.2) is 0 Å². The average molecular weight is 245 g/mol. The van der Waals surface area contributed by atoms with Crippen LogP contribution in [0.25, 0.3) is 0 Å². The lowest BCUT2D eigenvalue weighted by Crippen LogP contribution is -2.45. The van der Waals surface area contributed by atoms with Crippen molar-refractivity contribution in [2.45, 2.75) is 45.6 Å². The molecule has 1 saturated carbocycles. The van der Waals surface area contributed by atoms with Crippen LogP contribution in [0.3, 0.4) is 0 Å². The molecule has 1 aliphatic carbocycles. The first kappa shape index (κ1) is 13.8. The molecule has 0 spiro atoms. The van der Waals surface area contributed by atoms with Crippen LogP contribution in [0.15, 0.2) is 0 Å². The first-order valence-corrected chi connectivity index (χ1v) is 7.26. The summed E-state index contributed by atoms with van der Waals surface area (Å²) < 4.78 is 0. The van der Waals surface area contributed by atoms with E-state index in [9.17, 15) is 9.90 Å². The molecule has 0 aromatic rings. The van der Waals surface area contributed by atoms with Crippen molar-refractivity contribution < 1.29 is 9.90 Å². The third-order valence-corrected chi connectivity index (χ3v) is 4.52. The second-order valence-electron chi connectivity index (χ2n) is 4.88. The molecule has 0 heterocycles. The molecule has 3 nitrogen and oxygen atoms in total. The number of rotatable bonds is 6. The molecule has 16 heavy (non-hydrogen) atoms. The Morgan fingerprint density at radius 3 is 3.00 bits per heavy atom. The second kappa shape index (κ2) is 6.50. The van der Waals surface area contributed by atoms with Gasteiger partial charge in [0.25, 0.3) is 0 Å². The van der Waals surface area contributed by atoms with Gasteiger partial charge in [-0.1, -0.05) is 20.3 Å². The highest BCUT2D eigenvalue weighted by molar-refractivity contribution is 7.99. The zero-order chi connectivity index (χ0) is 12.0. The average Bonchev–Trinajstić information content (AvgIpc) is 2.62. The lowest BCUT2D eigenvalue weighted by Gasteiger charge is -2.30. The van der Waals surface area contributed by atoms with Gasteiger partial charge in [-0.3, -0.25) is 4.79 Å². The highest BCUT2D eigenvalue weighted by Gasteiger charge is 2.38. The van der Waals surface area contributed by atoms with Crippen LogP contribution in [0.5, 0.6) is 0 Å². The summed E-state index contributed by atoms with van der Waals surface area (Å²) in [5.74, 6) is 1.70. The molecule has 1 rings (SSSR count). The summed E-state index contributed by atoms with van der Waals surface area (Å²) >= 11 is 1.68. The smallest absolute Gasteiger partial charge is 0.230 e. The topological polar surface area (TPSA) is 49.3 Å². The molecule has 0 aliphatic heterocycles. The maximum absolute atomic E-state index is 11.7. The van der Waals surface area contributed by atoms with E-state index < -0.39 is 0 Å². The van der Waals surface area contributed by atoms with Crippen molar-refractivity contribution in [3.05, 3.63) is 0 Å². The van der Waals surface area contributed by atoms with Crippen molar-refractivity contribution in [1.29, 1.82) is 0 Å². The van der Waals surface area contributed by atoms with Gasteiger partial charge < -0.3 is 10.4 Å². The maximum Gasteiger partial charge on any atom is 0.230 e. The number of aliphatic hydroxyl groups is 1. The fraction of sp³-hybridized carbons (Fsp3) is 0.917. The molecule has 0 radical (unpaired) electrons. The van der Waals surface area contributed by atoms with Crippen LogP contribution in [0, 0.1) is 5.41 Å². The number of aliphatic hydroxyl groups excluding tert-OH is 1. The number of nitrogens with one attached hydrogen (secondary N) is 1. The van der Waals surface area contributed by atoms with Gasteiger partial charge in [0, 0.05) is 11.5 Å². The molecular formula is C12H23NO2S. The van der Waals surface area contributed by atoms with E-state index in [4.69, 9.17) is 0 Å². The van der Waals surface area contributed by atoms with Crippen molar-refractivity contribution in [1.82, 2.24) is 5.32 Å². The minimum atomic E-state index is -0.106. The van der Waals surface area contributed by atoms with Crippen molar-refractivity contribution in [2.75, 3.05) is 18.1 Å². The molecule has 1 aliphatic rings. The Hall–Kier alpha value is -0.220. The van der Waals surface area contributed by atoms with E-state index in [-0.39, 0.29) is 24.0 Å². The van der Waals surface area contributed by atoms with E-state index in [0.717, 1.165) is 31.4 Å². The SMILES string of the molecule is CCCSCC(=O)NC1CCCC1(C)CO. The summed E-state index contributed by atoms with van der Waals surface area (Å²) in [5.41, 5.74) is -0.106. The van der Waals surface area contributed by atoms with Crippen molar-refractivity contribution in [3.63, 3.8) is 0 Å². The number of amides is 1. The first-order valence-electron chi connectivity index (χ1n) is 6.10. The Morgan fingerprint density at radius 2 is 2.38 bits per heavy atom. The Kier molecular flexibility index (Phi) is 5.62. The third-order valence-electron chi connectivity index (χ3n) is 3.36. The van der Waals surface area contributed by atoms with E-state index in [2.05, 4.69) is 19.2 Å². The minimum Gasteiger partial charge on any atom is -0.396 e. The van der Waals surface area contributed by atoms with Gasteiger partial charge in [0.2, 0.25) is 5.91 Å². The van der Waals surface area contributed by atoms with Crippen LogP contribution < -0.4 is 5.32 Å². The quantitative estimate of drug-likeness (QED) is 0.702. The van der Waals surface area contributed by atoms with Crippen molar-refractivity contribution in [2.24, 2.45) is 5.41 Å². The molecular weight excluding hydrogens is 222 g/mol. The van der Waals surface area contributed by atoms with Gasteiger partial charge in [-0.05, 0) is 25.0 Å². The van der Waals surface area contributed by atoms with E-state index in [1.54, 1.807) is 11.8 Å². The summed E-state index contributed by atoms with van der Waals surface area (Å²) in [7, 11) is 0. The molecule has 2 N–H and O–H groups in total. The van der Waals surface area contributed by atoms with Gasteiger partial charge in [-0.15, -0.1) is 0 Å². The summed E-state index contributed by atoms with van der Waals surface area (Å²) in [6.07, 6.45) is 4.22. The zero-order valence-corrected chi connectivity index (χ0v) is 11.1. The Bertz CT molecular complexity index is 235. The molecule has 0 aromatic heterocycles. The third kappa shape index (κ3) is 3.67. The van der Waals surface area contributed by atoms with Crippen LogP contribution in [0.1, 0.15) is 39.5 Å². The fourth-order valence-electron chi connectivity index (χ4n) is 2.21. The highest BCUT2D eigenvalue weighted by Crippen LogP contribution is 2.37. The second-order valence-corrected chi connectivity index (χ2v) is 5.98. The molecule has 2 atom stereocenters. The largest absolute Gasteiger partial charge is 0.396 e. The Labute approximate surface area is 102 Å². The molecule has 4 heteroatoms. The van der Waals surface area contributed by atoms with Gasteiger partial charge in [-0.25, -0.2) is 0 Å². The van der Waals surface area contributed by atoms with Crippen LogP contribution in [-0.2, 0) is 4.79 Å². The normalized spacial score (nSPS) is 29.3. The molecule has 1 amide bonds. The van der Waals surface area contributed by atoms with Gasteiger partial charge in [0.1, 0.15) is 0 Å². The predicted octanol–water partition coefficient (Wildman–Crippen LogP) is 1.80. The van der Waals surface area contributed by atoms with Crippen molar-refractivity contribution >= 4 is 17.7 Å². The summed E-state index contributed by atoms with van der Waals surface area (Å²) in [5, 5.41) is 12.4. The van der Waals surface area contributed by atoms with Crippen LogP contribution in [0.4, 0.5) is 0 Å². The zero-order valence-electron chi connectivity index (χ0n) is 10.3. The standard InChI is InChI=1S/C12H23NO2S/c1-3-7-16-8-11(15)13-10-5-4-6-12(10,2)9-14/h10,14H,3-9H2,1-2H3,(H,13,15). The molecule has 2 unspecified atom stereocenters. The number of carbonyl (C=O) groups is 1. The maximum atomic E-state index is 11.7. The minimum absolute atomic E-state index is 0.106. The van der Waals surface area contributed by atoms with E-state index in [1.807, 2.05) is 0 Å². The van der Waals surface area contributed by atoms with Crippen molar-refractivity contribution in [3.8, 4) is 0 Å². The van der Waals surface area contributed by atoms with E-state index in [1.165, 1.54) is 0 Å².